The quantitative estimate of drug-likeness (QED) is 0.919. The van der Waals surface area contributed by atoms with E-state index in [2.05, 4.69) is 20.2 Å². The minimum atomic E-state index is -0.476. The molecule has 0 bridgehead atoms. The summed E-state index contributed by atoms with van der Waals surface area (Å²) in [4.78, 5) is 23.4. The Hall–Kier alpha value is -1.85. The summed E-state index contributed by atoms with van der Waals surface area (Å²) >= 11 is 0. The Kier molecular flexibility index (Phi) is 5.67. The minimum absolute atomic E-state index is 0.0562. The smallest absolute Gasteiger partial charge is 0.407 e. The van der Waals surface area contributed by atoms with Gasteiger partial charge in [0.15, 0.2) is 0 Å². The fraction of sp³-hybridized carbons (Fsp3) is 0.722. The molecule has 1 N–H and O–H groups in total. The second kappa shape index (κ2) is 7.36. The molecule has 1 aromatic rings. The van der Waals surface area contributed by atoms with Crippen LogP contribution in [0.15, 0.2) is 6.20 Å². The highest BCUT2D eigenvalue weighted by molar-refractivity contribution is 5.68. The molecule has 24 heavy (non-hydrogen) atoms. The molecule has 2 heterocycles. The number of hydrogen-bond donors (Lipinski definition) is 1. The van der Waals surface area contributed by atoms with Crippen LogP contribution in [-0.4, -0.2) is 40.8 Å². The van der Waals surface area contributed by atoms with Crippen molar-refractivity contribution in [3.63, 3.8) is 0 Å². The molecular weight excluding hydrogens is 304 g/mol. The zero-order chi connectivity index (χ0) is 17.9. The summed E-state index contributed by atoms with van der Waals surface area (Å²) < 4.78 is 5.36. The van der Waals surface area contributed by atoms with E-state index in [9.17, 15) is 4.79 Å². The molecule has 0 aromatic carbocycles. The SMILES string of the molecule is Cc1cnc(C)c(N2CCC[C@@H]([C@H](C)NC(=O)OC(C)(C)C)C2)n1. The number of hydrogen-bond acceptors (Lipinski definition) is 5. The summed E-state index contributed by atoms with van der Waals surface area (Å²) in [5.41, 5.74) is 1.41. The van der Waals surface area contributed by atoms with Crippen LogP contribution in [0.1, 0.15) is 51.9 Å². The van der Waals surface area contributed by atoms with Gasteiger partial charge in [0.1, 0.15) is 11.4 Å². The highest BCUT2D eigenvalue weighted by Gasteiger charge is 2.28. The van der Waals surface area contributed by atoms with Gasteiger partial charge in [-0.25, -0.2) is 9.78 Å². The Balaban J connectivity index is 1.99. The molecule has 0 saturated carbocycles. The van der Waals surface area contributed by atoms with Gasteiger partial charge in [-0.2, -0.15) is 0 Å². The molecule has 1 amide bonds. The Labute approximate surface area is 145 Å². The van der Waals surface area contributed by atoms with Crippen LogP contribution < -0.4 is 10.2 Å². The third-order valence-electron chi connectivity index (χ3n) is 4.26. The van der Waals surface area contributed by atoms with Gasteiger partial charge in [-0.05, 0) is 60.3 Å². The predicted octanol–water partition coefficient (Wildman–Crippen LogP) is 3.22. The molecular formula is C18H30N4O2. The Morgan fingerprint density at radius 2 is 2.12 bits per heavy atom. The lowest BCUT2D eigenvalue weighted by molar-refractivity contribution is 0.0489. The number of piperidine rings is 1. The van der Waals surface area contributed by atoms with Gasteiger partial charge in [0, 0.05) is 25.3 Å². The average Bonchev–Trinajstić information content (AvgIpc) is 2.48. The van der Waals surface area contributed by atoms with E-state index in [-0.39, 0.29) is 12.1 Å². The maximum Gasteiger partial charge on any atom is 0.407 e. The van der Waals surface area contributed by atoms with E-state index in [1.807, 2.05) is 41.5 Å². The number of nitrogens with one attached hydrogen (secondary N) is 1. The molecule has 6 heteroatoms. The molecule has 0 aliphatic carbocycles. The second-order valence-corrected chi connectivity index (χ2v) is 7.70. The van der Waals surface area contributed by atoms with Crippen LogP contribution in [0.5, 0.6) is 0 Å². The molecule has 0 unspecified atom stereocenters. The molecule has 0 spiro atoms. The van der Waals surface area contributed by atoms with Crippen molar-refractivity contribution < 1.29 is 9.53 Å². The van der Waals surface area contributed by atoms with Gasteiger partial charge in [0.25, 0.3) is 0 Å². The molecule has 1 aliphatic rings. The van der Waals surface area contributed by atoms with Crippen molar-refractivity contribution in [1.82, 2.24) is 15.3 Å². The molecule has 1 saturated heterocycles. The number of carbonyl (C=O) groups is 1. The summed E-state index contributed by atoms with van der Waals surface area (Å²) in [6, 6.07) is 0.0562. The molecule has 6 nitrogen and oxygen atoms in total. The molecule has 1 aliphatic heterocycles. The summed E-state index contributed by atoms with van der Waals surface area (Å²) in [6.07, 6.45) is 3.62. The van der Waals surface area contributed by atoms with E-state index in [1.54, 1.807) is 6.20 Å². The lowest BCUT2D eigenvalue weighted by Crippen LogP contribution is -2.47. The van der Waals surface area contributed by atoms with Crippen molar-refractivity contribution >= 4 is 11.9 Å². The number of rotatable bonds is 3. The number of carbonyl (C=O) groups excluding carboxylic acids is 1. The summed E-state index contributed by atoms with van der Waals surface area (Å²) in [5.74, 6) is 1.33. The topological polar surface area (TPSA) is 67.4 Å². The maximum absolute atomic E-state index is 12.0. The summed E-state index contributed by atoms with van der Waals surface area (Å²) in [5, 5.41) is 2.98. The van der Waals surface area contributed by atoms with E-state index >= 15 is 0 Å². The Morgan fingerprint density at radius 1 is 1.42 bits per heavy atom. The summed E-state index contributed by atoms with van der Waals surface area (Å²) in [6.45, 7) is 13.5. The largest absolute Gasteiger partial charge is 0.444 e. The van der Waals surface area contributed by atoms with Crippen LogP contribution in [0.25, 0.3) is 0 Å². The normalized spacial score (nSPS) is 19.8. The van der Waals surface area contributed by atoms with E-state index < -0.39 is 5.60 Å². The highest BCUT2D eigenvalue weighted by Crippen LogP contribution is 2.25. The number of ether oxygens (including phenoxy) is 1. The Morgan fingerprint density at radius 3 is 2.79 bits per heavy atom. The minimum Gasteiger partial charge on any atom is -0.444 e. The number of aryl methyl sites for hydroxylation is 2. The van der Waals surface area contributed by atoms with Crippen molar-refractivity contribution in [2.45, 2.75) is 66.0 Å². The fourth-order valence-corrected chi connectivity index (χ4v) is 3.05. The summed E-state index contributed by atoms with van der Waals surface area (Å²) in [7, 11) is 0. The highest BCUT2D eigenvalue weighted by atomic mass is 16.6. The standard InChI is InChI=1S/C18H30N4O2/c1-12-10-19-14(3)16(20-12)22-9-7-8-15(11-22)13(2)21-17(23)24-18(4,5)6/h10,13,15H,7-9,11H2,1-6H3,(H,21,23)/t13-,15+/m0/s1. The predicted molar refractivity (Wildman–Crippen MR) is 95.3 cm³/mol. The van der Waals surface area contributed by atoms with Gasteiger partial charge in [-0.3, -0.25) is 4.98 Å². The van der Waals surface area contributed by atoms with E-state index in [1.165, 1.54) is 0 Å². The molecule has 1 fully saturated rings. The van der Waals surface area contributed by atoms with Crippen LogP contribution in [0.3, 0.4) is 0 Å². The zero-order valence-electron chi connectivity index (χ0n) is 15.7. The average molecular weight is 334 g/mol. The maximum atomic E-state index is 12.0. The third-order valence-corrected chi connectivity index (χ3v) is 4.26. The van der Waals surface area contributed by atoms with Crippen molar-refractivity contribution in [3.8, 4) is 0 Å². The first-order valence-electron chi connectivity index (χ1n) is 8.70. The van der Waals surface area contributed by atoms with Gasteiger partial charge in [0.05, 0.1) is 11.4 Å². The van der Waals surface area contributed by atoms with E-state index in [0.717, 1.165) is 43.1 Å². The number of aromatic nitrogens is 2. The van der Waals surface area contributed by atoms with Crippen LogP contribution in [0, 0.1) is 19.8 Å². The number of alkyl carbamates (subject to hydrolysis) is 1. The number of anilines is 1. The van der Waals surface area contributed by atoms with Crippen LogP contribution >= 0.6 is 0 Å². The first-order chi connectivity index (χ1) is 11.2. The molecule has 1 aromatic heterocycles. The Bertz CT molecular complexity index is 583. The first kappa shape index (κ1) is 18.5. The van der Waals surface area contributed by atoms with Gasteiger partial charge in [0.2, 0.25) is 0 Å². The van der Waals surface area contributed by atoms with Crippen molar-refractivity contribution in [2.24, 2.45) is 5.92 Å². The van der Waals surface area contributed by atoms with Gasteiger partial charge < -0.3 is 15.0 Å². The van der Waals surface area contributed by atoms with E-state index in [0.29, 0.717) is 5.92 Å². The van der Waals surface area contributed by atoms with Crippen molar-refractivity contribution in [2.75, 3.05) is 18.0 Å². The van der Waals surface area contributed by atoms with Crippen LogP contribution in [-0.2, 0) is 4.74 Å². The fourth-order valence-electron chi connectivity index (χ4n) is 3.05. The second-order valence-electron chi connectivity index (χ2n) is 7.70. The first-order valence-corrected chi connectivity index (χ1v) is 8.70. The lowest BCUT2D eigenvalue weighted by atomic mass is 9.91. The van der Waals surface area contributed by atoms with Crippen molar-refractivity contribution in [3.05, 3.63) is 17.6 Å². The van der Waals surface area contributed by atoms with Gasteiger partial charge in [-0.1, -0.05) is 0 Å². The molecule has 2 atom stereocenters. The van der Waals surface area contributed by atoms with E-state index in [4.69, 9.17) is 4.74 Å². The van der Waals surface area contributed by atoms with Gasteiger partial charge >= 0.3 is 6.09 Å². The number of nitrogens with zero attached hydrogens (tertiary/aromatic N) is 3. The molecule has 0 radical (unpaired) electrons. The van der Waals surface area contributed by atoms with Crippen molar-refractivity contribution in [1.29, 1.82) is 0 Å². The van der Waals surface area contributed by atoms with Gasteiger partial charge in [-0.15, -0.1) is 0 Å². The molecule has 2 rings (SSSR count). The third kappa shape index (κ3) is 5.08. The lowest BCUT2D eigenvalue weighted by Gasteiger charge is -2.37. The monoisotopic (exact) mass is 334 g/mol. The zero-order valence-corrected chi connectivity index (χ0v) is 15.7. The molecule has 134 valence electrons. The number of amides is 1. The van der Waals surface area contributed by atoms with Crippen LogP contribution in [0.4, 0.5) is 10.6 Å². The van der Waals surface area contributed by atoms with Crippen LogP contribution in [0.2, 0.25) is 0 Å².